The molecule has 0 spiro atoms. The number of esters is 1. The predicted octanol–water partition coefficient (Wildman–Crippen LogP) is 7.01. The molecule has 1 heterocycles. The number of benzene rings is 3. The fourth-order valence-corrected chi connectivity index (χ4v) is 3.91. The fourth-order valence-electron chi connectivity index (χ4n) is 3.91. The van der Waals surface area contributed by atoms with Gasteiger partial charge in [-0.05, 0) is 49.6 Å². The average Bonchev–Trinajstić information content (AvgIpc) is 3.24. The molecular formula is C29H26F2N2O5. The molecule has 0 aliphatic carbocycles. The highest BCUT2D eigenvalue weighted by atomic mass is 19.1. The Hall–Kier alpha value is -4.53. The highest BCUT2D eigenvalue weighted by molar-refractivity contribution is 5.91. The Labute approximate surface area is 218 Å². The summed E-state index contributed by atoms with van der Waals surface area (Å²) >= 11 is 0. The third-order valence-electron chi connectivity index (χ3n) is 5.86. The third-order valence-corrected chi connectivity index (χ3v) is 5.86. The summed E-state index contributed by atoms with van der Waals surface area (Å²) in [6.07, 6.45) is -1.58. The summed E-state index contributed by atoms with van der Waals surface area (Å²) in [6.45, 7) is 5.27. The van der Waals surface area contributed by atoms with E-state index in [-0.39, 0.29) is 18.0 Å². The van der Waals surface area contributed by atoms with Gasteiger partial charge >= 0.3 is 12.1 Å². The second-order valence-corrected chi connectivity index (χ2v) is 8.57. The molecule has 1 N–H and O–H groups in total. The minimum absolute atomic E-state index is 0.0494. The van der Waals surface area contributed by atoms with Crippen LogP contribution in [0, 0.1) is 18.6 Å². The van der Waals surface area contributed by atoms with Crippen molar-refractivity contribution < 1.29 is 32.4 Å². The number of halogens is 2. The number of nitrogens with one attached hydrogen (secondary N) is 1. The van der Waals surface area contributed by atoms with E-state index >= 15 is 0 Å². The van der Waals surface area contributed by atoms with E-state index in [1.807, 2.05) is 48.5 Å². The molecule has 3 aromatic carbocycles. The fraction of sp³-hybridized carbons (Fsp3) is 0.207. The molecule has 0 radical (unpaired) electrons. The zero-order valence-corrected chi connectivity index (χ0v) is 21.1. The molecule has 1 amide bonds. The lowest BCUT2D eigenvalue weighted by Crippen LogP contribution is -2.17. The monoisotopic (exact) mass is 520 g/mol. The smallest absolute Gasteiger partial charge is 0.412 e. The lowest BCUT2D eigenvalue weighted by molar-refractivity contribution is -0.142. The standard InChI is InChI=1S/C29H26F2N2O5/c1-4-36-26(34)15-19-5-7-20(8-6-19)21-9-11-22(12-10-21)28-27(17(2)33-38-28)32-29(35)37-18(3)24-14-13-23(30)16-25(24)31/h5-14,16,18H,4,15H2,1-3H3,(H,32,35). The van der Waals surface area contributed by atoms with E-state index in [1.165, 1.54) is 13.0 Å². The van der Waals surface area contributed by atoms with Crippen LogP contribution in [0.3, 0.4) is 0 Å². The zero-order valence-electron chi connectivity index (χ0n) is 21.1. The van der Waals surface area contributed by atoms with Gasteiger partial charge < -0.3 is 14.0 Å². The van der Waals surface area contributed by atoms with E-state index < -0.39 is 23.8 Å². The van der Waals surface area contributed by atoms with Gasteiger partial charge in [0.2, 0.25) is 0 Å². The summed E-state index contributed by atoms with van der Waals surface area (Å²) in [5.74, 6) is -1.46. The first-order valence-electron chi connectivity index (χ1n) is 12.0. The van der Waals surface area contributed by atoms with E-state index in [9.17, 15) is 18.4 Å². The van der Waals surface area contributed by atoms with Crippen LogP contribution in [-0.2, 0) is 20.7 Å². The Bertz CT molecular complexity index is 1430. The van der Waals surface area contributed by atoms with Crippen molar-refractivity contribution in [3.63, 3.8) is 0 Å². The number of carbonyl (C=O) groups is 2. The topological polar surface area (TPSA) is 90.7 Å². The van der Waals surface area contributed by atoms with Crippen LogP contribution >= 0.6 is 0 Å². The minimum atomic E-state index is -0.956. The van der Waals surface area contributed by atoms with Gasteiger partial charge in [0, 0.05) is 17.2 Å². The van der Waals surface area contributed by atoms with Gasteiger partial charge in [-0.1, -0.05) is 53.7 Å². The maximum atomic E-state index is 14.0. The summed E-state index contributed by atoms with van der Waals surface area (Å²) in [6, 6.07) is 18.1. The first-order chi connectivity index (χ1) is 18.2. The molecule has 4 rings (SSSR count). The number of anilines is 1. The molecule has 1 unspecified atom stereocenters. The van der Waals surface area contributed by atoms with Gasteiger partial charge in [0.15, 0.2) is 5.76 Å². The first-order valence-corrected chi connectivity index (χ1v) is 12.0. The summed E-state index contributed by atoms with van der Waals surface area (Å²) < 4.78 is 43.0. The second kappa shape index (κ2) is 11.7. The number of ether oxygens (including phenoxy) is 2. The molecule has 0 aliphatic heterocycles. The maximum Gasteiger partial charge on any atom is 0.412 e. The Morgan fingerprint density at radius 3 is 2.24 bits per heavy atom. The molecule has 196 valence electrons. The summed E-state index contributed by atoms with van der Waals surface area (Å²) in [5, 5.41) is 6.56. The predicted molar refractivity (Wildman–Crippen MR) is 137 cm³/mol. The molecule has 0 fully saturated rings. The van der Waals surface area contributed by atoms with Crippen LogP contribution in [0.2, 0.25) is 0 Å². The highest BCUT2D eigenvalue weighted by Crippen LogP contribution is 2.33. The van der Waals surface area contributed by atoms with Crippen LogP contribution in [0.5, 0.6) is 0 Å². The van der Waals surface area contributed by atoms with Crippen molar-refractivity contribution >= 4 is 17.7 Å². The quantitative estimate of drug-likeness (QED) is 0.251. The third kappa shape index (κ3) is 6.23. The Balaban J connectivity index is 1.45. The Kier molecular flexibility index (Phi) is 8.15. The summed E-state index contributed by atoms with van der Waals surface area (Å²) in [5.41, 5.74) is 4.23. The van der Waals surface area contributed by atoms with Crippen LogP contribution in [-0.4, -0.2) is 23.8 Å². The normalized spacial score (nSPS) is 11.6. The molecule has 0 saturated carbocycles. The van der Waals surface area contributed by atoms with Crippen LogP contribution < -0.4 is 5.32 Å². The van der Waals surface area contributed by atoms with E-state index in [1.54, 1.807) is 13.8 Å². The Morgan fingerprint density at radius 2 is 1.61 bits per heavy atom. The van der Waals surface area contributed by atoms with Crippen molar-refractivity contribution in [2.45, 2.75) is 33.3 Å². The van der Waals surface area contributed by atoms with E-state index in [0.29, 0.717) is 29.3 Å². The largest absolute Gasteiger partial charge is 0.466 e. The van der Waals surface area contributed by atoms with Gasteiger partial charge in [0.05, 0.1) is 13.0 Å². The molecule has 1 aromatic heterocycles. The minimum Gasteiger partial charge on any atom is -0.466 e. The summed E-state index contributed by atoms with van der Waals surface area (Å²) in [4.78, 5) is 24.2. The van der Waals surface area contributed by atoms with Crippen molar-refractivity contribution in [2.24, 2.45) is 0 Å². The molecule has 4 aromatic rings. The maximum absolute atomic E-state index is 14.0. The average molecular weight is 521 g/mol. The second-order valence-electron chi connectivity index (χ2n) is 8.57. The van der Waals surface area contributed by atoms with Crippen LogP contribution in [0.25, 0.3) is 22.5 Å². The lowest BCUT2D eigenvalue weighted by atomic mass is 10.0. The number of rotatable bonds is 8. The number of amides is 1. The van der Waals surface area contributed by atoms with Gasteiger partial charge in [0.1, 0.15) is 29.1 Å². The van der Waals surface area contributed by atoms with E-state index in [2.05, 4.69) is 10.5 Å². The summed E-state index contributed by atoms with van der Waals surface area (Å²) in [7, 11) is 0. The number of nitrogens with zero attached hydrogens (tertiary/aromatic N) is 1. The molecule has 7 nitrogen and oxygen atoms in total. The van der Waals surface area contributed by atoms with Crippen molar-refractivity contribution in [1.29, 1.82) is 0 Å². The van der Waals surface area contributed by atoms with Crippen molar-refractivity contribution in [3.05, 3.63) is 95.2 Å². The number of hydrogen-bond acceptors (Lipinski definition) is 6. The van der Waals surface area contributed by atoms with Gasteiger partial charge in [-0.25, -0.2) is 13.6 Å². The number of hydrogen-bond donors (Lipinski definition) is 1. The van der Waals surface area contributed by atoms with Gasteiger partial charge in [-0.3, -0.25) is 10.1 Å². The van der Waals surface area contributed by atoms with Crippen molar-refractivity contribution in [3.8, 4) is 22.5 Å². The van der Waals surface area contributed by atoms with Crippen LogP contribution in [0.1, 0.15) is 36.8 Å². The van der Waals surface area contributed by atoms with Crippen LogP contribution in [0.4, 0.5) is 19.3 Å². The van der Waals surface area contributed by atoms with Gasteiger partial charge in [-0.15, -0.1) is 0 Å². The van der Waals surface area contributed by atoms with Crippen molar-refractivity contribution in [2.75, 3.05) is 11.9 Å². The molecule has 38 heavy (non-hydrogen) atoms. The molecule has 0 aliphatic rings. The van der Waals surface area contributed by atoms with Gasteiger partial charge in [0.25, 0.3) is 0 Å². The SMILES string of the molecule is CCOC(=O)Cc1ccc(-c2ccc(-c3onc(C)c3NC(=O)OC(C)c3ccc(F)cc3F)cc2)cc1. The lowest BCUT2D eigenvalue weighted by Gasteiger charge is -2.15. The Morgan fingerprint density at radius 1 is 0.974 bits per heavy atom. The number of aromatic nitrogens is 1. The molecule has 9 heteroatoms. The molecule has 0 saturated heterocycles. The zero-order chi connectivity index (χ0) is 27.2. The van der Waals surface area contributed by atoms with Crippen LogP contribution in [0.15, 0.2) is 71.3 Å². The first kappa shape index (κ1) is 26.5. The number of aryl methyl sites for hydroxylation is 1. The highest BCUT2D eigenvalue weighted by Gasteiger charge is 2.21. The van der Waals surface area contributed by atoms with E-state index in [4.69, 9.17) is 14.0 Å². The molecule has 0 bridgehead atoms. The number of carbonyl (C=O) groups excluding carboxylic acids is 2. The van der Waals surface area contributed by atoms with Crippen molar-refractivity contribution in [1.82, 2.24) is 5.16 Å². The van der Waals surface area contributed by atoms with E-state index in [0.717, 1.165) is 28.8 Å². The molecule has 1 atom stereocenters. The van der Waals surface area contributed by atoms with Gasteiger partial charge in [-0.2, -0.15) is 0 Å². The molecular weight excluding hydrogens is 494 g/mol.